The molecule has 1 aromatic rings. The molecular weight excluding hydrogens is 441 g/mol. The van der Waals surface area contributed by atoms with Crippen LogP contribution in [0.2, 0.25) is 0 Å². The molecule has 0 aliphatic heterocycles. The minimum Gasteiger partial charge on any atom is -0.388 e. The standard InChI is InChI=1S/C19H33N2O4S.Y/c1-4-7-9-10-19(22)17-11-13-18(14-12-17)21(26(23,24)6-3)20-16-25-15-8-5-2;/h11-14,19-20,22H,2,4-10,15-16H2,1,3H3;/q-1;. The van der Waals surface area contributed by atoms with Gasteiger partial charge in [-0.1, -0.05) is 44.7 Å². The molecule has 0 aromatic heterocycles. The molecule has 153 valence electrons. The number of ether oxygens (including phenoxy) is 1. The zero-order valence-corrected chi connectivity index (χ0v) is 20.2. The predicted octanol–water partition coefficient (Wildman–Crippen LogP) is 3.55. The van der Waals surface area contributed by atoms with Crippen LogP contribution in [0.25, 0.3) is 0 Å². The molecule has 0 heterocycles. The maximum Gasteiger partial charge on any atom is 0.248 e. The molecule has 1 radical (unpaired) electrons. The normalized spacial score (nSPS) is 12.4. The molecule has 1 rings (SSSR count). The zero-order valence-electron chi connectivity index (χ0n) is 16.6. The Bertz CT molecular complexity index is 596. The van der Waals surface area contributed by atoms with E-state index < -0.39 is 16.1 Å². The van der Waals surface area contributed by atoms with Crippen molar-refractivity contribution in [3.05, 3.63) is 36.8 Å². The van der Waals surface area contributed by atoms with Crippen LogP contribution in [0.5, 0.6) is 0 Å². The van der Waals surface area contributed by atoms with Gasteiger partial charge in [0.15, 0.2) is 0 Å². The van der Waals surface area contributed by atoms with Crippen molar-refractivity contribution >= 4 is 15.7 Å². The van der Waals surface area contributed by atoms with E-state index in [-0.39, 0.29) is 45.2 Å². The fourth-order valence-corrected chi connectivity index (χ4v) is 3.40. The van der Waals surface area contributed by atoms with E-state index in [1.807, 2.05) is 0 Å². The van der Waals surface area contributed by atoms with Crippen LogP contribution >= 0.6 is 0 Å². The summed E-state index contributed by atoms with van der Waals surface area (Å²) in [5, 5.41) is 10.2. The van der Waals surface area contributed by atoms with Crippen LogP contribution < -0.4 is 9.84 Å². The number of nitrogens with zero attached hydrogens (tertiary/aromatic N) is 1. The summed E-state index contributed by atoms with van der Waals surface area (Å²) in [7, 11) is -3.49. The van der Waals surface area contributed by atoms with E-state index in [9.17, 15) is 13.5 Å². The topological polar surface area (TPSA) is 78.9 Å². The van der Waals surface area contributed by atoms with Crippen molar-refractivity contribution in [2.45, 2.75) is 58.5 Å². The van der Waals surface area contributed by atoms with Crippen LogP contribution in [-0.4, -0.2) is 32.6 Å². The molecule has 0 aliphatic carbocycles. The van der Waals surface area contributed by atoms with Gasteiger partial charge in [0.25, 0.3) is 0 Å². The molecule has 0 fully saturated rings. The van der Waals surface area contributed by atoms with Gasteiger partial charge in [0.05, 0.1) is 17.5 Å². The Labute approximate surface area is 190 Å². The number of hydrazine groups is 1. The summed E-state index contributed by atoms with van der Waals surface area (Å²) in [6, 6.07) is 6.95. The van der Waals surface area contributed by atoms with Crippen molar-refractivity contribution in [3.63, 3.8) is 0 Å². The molecule has 0 spiro atoms. The summed E-state index contributed by atoms with van der Waals surface area (Å²) in [6.07, 6.45) is 4.97. The van der Waals surface area contributed by atoms with Gasteiger partial charge in [0.2, 0.25) is 10.0 Å². The predicted molar refractivity (Wildman–Crippen MR) is 106 cm³/mol. The average molecular weight is 474 g/mol. The molecule has 1 unspecified atom stereocenters. The molecule has 1 atom stereocenters. The largest absolute Gasteiger partial charge is 0.388 e. The summed E-state index contributed by atoms with van der Waals surface area (Å²) in [6.45, 7) is 8.08. The van der Waals surface area contributed by atoms with Crippen molar-refractivity contribution in [2.24, 2.45) is 0 Å². The Morgan fingerprint density at radius 2 is 1.85 bits per heavy atom. The fraction of sp³-hybridized carbons (Fsp3) is 0.632. The first-order valence-corrected chi connectivity index (χ1v) is 11.0. The van der Waals surface area contributed by atoms with Gasteiger partial charge in [-0.3, -0.25) is 0 Å². The van der Waals surface area contributed by atoms with E-state index in [0.717, 1.165) is 42.1 Å². The molecule has 0 bridgehead atoms. The molecule has 0 saturated carbocycles. The maximum absolute atomic E-state index is 12.4. The Morgan fingerprint density at radius 1 is 1.19 bits per heavy atom. The third-order valence-corrected chi connectivity index (χ3v) is 5.71. The van der Waals surface area contributed by atoms with Crippen LogP contribution in [-0.2, 0) is 47.5 Å². The molecule has 8 heteroatoms. The summed E-state index contributed by atoms with van der Waals surface area (Å²) in [5.41, 5.74) is 4.11. The third kappa shape index (κ3) is 9.81. The minimum absolute atomic E-state index is 0. The van der Waals surface area contributed by atoms with E-state index in [2.05, 4.69) is 19.3 Å². The zero-order chi connectivity index (χ0) is 19.4. The average Bonchev–Trinajstić information content (AvgIpc) is 2.65. The number of rotatable bonds is 14. The van der Waals surface area contributed by atoms with Crippen LogP contribution in [0.4, 0.5) is 5.69 Å². The number of hydrogen-bond donors (Lipinski definition) is 2. The van der Waals surface area contributed by atoms with Crippen molar-refractivity contribution in [1.82, 2.24) is 5.43 Å². The number of aliphatic hydroxyl groups excluding tert-OH is 1. The second kappa shape index (κ2) is 14.9. The molecule has 0 saturated heterocycles. The van der Waals surface area contributed by atoms with Crippen LogP contribution in [0.15, 0.2) is 24.3 Å². The first kappa shape index (κ1) is 27.0. The molecule has 1 aromatic carbocycles. The smallest absolute Gasteiger partial charge is 0.248 e. The van der Waals surface area contributed by atoms with Gasteiger partial charge in [-0.15, -0.1) is 0 Å². The molecular formula is C19H33N2O4SY-. The van der Waals surface area contributed by atoms with Crippen molar-refractivity contribution < 1.29 is 51.0 Å². The van der Waals surface area contributed by atoms with Gasteiger partial charge in [-0.05, 0) is 31.0 Å². The molecule has 6 nitrogen and oxygen atoms in total. The Kier molecular flexibility index (Phi) is 14.9. The van der Waals surface area contributed by atoms with Gasteiger partial charge < -0.3 is 16.8 Å². The molecule has 0 amide bonds. The number of hydrogen-bond acceptors (Lipinski definition) is 5. The Balaban J connectivity index is 0.00000676. The van der Waals surface area contributed by atoms with Crippen LogP contribution in [0.3, 0.4) is 0 Å². The SMILES string of the molecule is [CH2-]CCCOCNN(c1ccc(C(O)CCCCC)cc1)S(=O)(=O)CC.[Y]. The Hall–Kier alpha value is -0.0461. The van der Waals surface area contributed by atoms with Crippen molar-refractivity contribution in [1.29, 1.82) is 0 Å². The van der Waals surface area contributed by atoms with E-state index >= 15 is 0 Å². The third-order valence-electron chi connectivity index (χ3n) is 4.09. The fourth-order valence-electron chi connectivity index (χ4n) is 2.45. The summed E-state index contributed by atoms with van der Waals surface area (Å²) in [4.78, 5) is 0. The maximum atomic E-state index is 12.4. The number of sulfonamides is 1. The minimum atomic E-state index is -3.49. The first-order valence-electron chi connectivity index (χ1n) is 9.37. The molecule has 0 aliphatic rings. The number of anilines is 1. The second-order valence-electron chi connectivity index (χ2n) is 6.19. The van der Waals surface area contributed by atoms with Gasteiger partial charge in [-0.2, -0.15) is 11.8 Å². The second-order valence-corrected chi connectivity index (χ2v) is 8.29. The van der Waals surface area contributed by atoms with E-state index in [1.54, 1.807) is 31.2 Å². The molecule has 27 heavy (non-hydrogen) atoms. The number of nitrogens with one attached hydrogen (secondary N) is 1. The van der Waals surface area contributed by atoms with Gasteiger partial charge in [-0.25, -0.2) is 12.8 Å². The summed E-state index contributed by atoms with van der Waals surface area (Å²) >= 11 is 0. The summed E-state index contributed by atoms with van der Waals surface area (Å²) < 4.78 is 31.3. The molecule has 2 N–H and O–H groups in total. The van der Waals surface area contributed by atoms with Crippen molar-refractivity contribution in [2.75, 3.05) is 23.5 Å². The number of unbranched alkanes of at least 4 members (excludes halogenated alkanes) is 3. The van der Waals surface area contributed by atoms with Gasteiger partial charge >= 0.3 is 0 Å². The first-order chi connectivity index (χ1) is 12.5. The summed E-state index contributed by atoms with van der Waals surface area (Å²) in [5.74, 6) is -0.0275. The quantitative estimate of drug-likeness (QED) is 0.187. The number of benzene rings is 1. The van der Waals surface area contributed by atoms with E-state index in [4.69, 9.17) is 4.74 Å². The number of aliphatic hydroxyl groups is 1. The van der Waals surface area contributed by atoms with E-state index in [0.29, 0.717) is 18.7 Å². The van der Waals surface area contributed by atoms with Gasteiger partial charge in [0.1, 0.15) is 6.73 Å². The Morgan fingerprint density at radius 3 is 2.41 bits per heavy atom. The monoisotopic (exact) mass is 474 g/mol. The van der Waals surface area contributed by atoms with E-state index in [1.165, 1.54) is 0 Å². The van der Waals surface area contributed by atoms with Crippen LogP contribution in [0, 0.1) is 6.92 Å². The van der Waals surface area contributed by atoms with Crippen molar-refractivity contribution in [3.8, 4) is 0 Å². The van der Waals surface area contributed by atoms with Gasteiger partial charge in [0, 0.05) is 39.3 Å². The van der Waals surface area contributed by atoms with Crippen LogP contribution in [0.1, 0.15) is 64.0 Å².